The third-order valence-electron chi connectivity index (χ3n) is 3.11. The van der Waals surface area contributed by atoms with Gasteiger partial charge in [0, 0.05) is 26.2 Å². The van der Waals surface area contributed by atoms with E-state index in [1.807, 2.05) is 7.05 Å². The fraction of sp³-hybridized carbons (Fsp3) is 1.00. The highest BCUT2D eigenvalue weighted by Gasteiger charge is 2.24. The molecule has 0 amide bonds. The highest BCUT2D eigenvalue weighted by Crippen LogP contribution is 2.08. The van der Waals surface area contributed by atoms with E-state index in [-0.39, 0.29) is 0 Å². The van der Waals surface area contributed by atoms with Gasteiger partial charge in [0.1, 0.15) is 0 Å². The van der Waals surface area contributed by atoms with Crippen molar-refractivity contribution in [1.29, 1.82) is 0 Å². The van der Waals surface area contributed by atoms with E-state index in [2.05, 4.69) is 17.1 Å². The van der Waals surface area contributed by atoms with Crippen LogP contribution >= 0.6 is 0 Å². The van der Waals surface area contributed by atoms with Gasteiger partial charge in [0.25, 0.3) is 0 Å². The third kappa shape index (κ3) is 5.33. The highest BCUT2D eigenvalue weighted by atomic mass is 32.2. The Morgan fingerprint density at radius 3 is 2.35 bits per heavy atom. The average molecular weight is 263 g/mol. The first-order chi connectivity index (χ1) is 8.06. The summed E-state index contributed by atoms with van der Waals surface area (Å²) in [7, 11) is -0.987. The smallest absolute Gasteiger partial charge is 0.214 e. The summed E-state index contributed by atoms with van der Waals surface area (Å²) in [6.45, 7) is 6.90. The number of hydrogen-bond acceptors (Lipinski definition) is 4. The lowest BCUT2D eigenvalue weighted by Crippen LogP contribution is -2.47. The maximum atomic E-state index is 12.0. The predicted molar refractivity (Wildman–Crippen MR) is 70.6 cm³/mol. The third-order valence-corrected chi connectivity index (χ3v) is 5.07. The Labute approximate surface area is 105 Å². The van der Waals surface area contributed by atoms with Gasteiger partial charge in [-0.3, -0.25) is 0 Å². The Hall–Kier alpha value is -0.170. The summed E-state index contributed by atoms with van der Waals surface area (Å²) in [6, 6.07) is 0. The van der Waals surface area contributed by atoms with Crippen LogP contribution in [0.25, 0.3) is 0 Å². The van der Waals surface area contributed by atoms with E-state index in [9.17, 15) is 8.42 Å². The van der Waals surface area contributed by atoms with Crippen molar-refractivity contribution in [2.45, 2.75) is 19.8 Å². The number of hydrogen-bond donors (Lipinski definition) is 1. The summed E-state index contributed by atoms with van der Waals surface area (Å²) >= 11 is 0. The van der Waals surface area contributed by atoms with E-state index in [4.69, 9.17) is 0 Å². The summed E-state index contributed by atoms with van der Waals surface area (Å²) in [6.07, 6.45) is 1.68. The molecule has 0 aromatic rings. The van der Waals surface area contributed by atoms with Gasteiger partial charge in [0.05, 0.1) is 5.75 Å². The number of likely N-dealkylation sites (N-methyl/N-ethyl adjacent to an activating group) is 1. The largest absolute Gasteiger partial charge is 0.317 e. The number of sulfonamides is 1. The van der Waals surface area contributed by atoms with Gasteiger partial charge in [-0.25, -0.2) is 8.42 Å². The topological polar surface area (TPSA) is 52.7 Å². The molecule has 0 unspecified atom stereocenters. The number of rotatable bonds is 7. The van der Waals surface area contributed by atoms with Gasteiger partial charge in [-0.05, 0) is 33.0 Å². The van der Waals surface area contributed by atoms with Crippen LogP contribution in [0.15, 0.2) is 0 Å². The first-order valence-corrected chi connectivity index (χ1v) is 8.04. The van der Waals surface area contributed by atoms with Crippen LogP contribution in [-0.4, -0.2) is 69.7 Å². The molecular weight excluding hydrogens is 238 g/mol. The van der Waals surface area contributed by atoms with Crippen molar-refractivity contribution in [2.75, 3.05) is 52.1 Å². The van der Waals surface area contributed by atoms with Gasteiger partial charge in [-0.1, -0.05) is 6.92 Å². The SMILES string of the molecule is CCNCCCCS(=O)(=O)N1CCN(C)CC1. The minimum absolute atomic E-state index is 0.294. The molecule has 0 aromatic heterocycles. The van der Waals surface area contributed by atoms with Gasteiger partial charge in [-0.2, -0.15) is 4.31 Å². The molecule has 0 bridgehead atoms. The van der Waals surface area contributed by atoms with Crippen LogP contribution in [0, 0.1) is 0 Å². The van der Waals surface area contributed by atoms with Crippen molar-refractivity contribution in [2.24, 2.45) is 0 Å². The van der Waals surface area contributed by atoms with Crippen LogP contribution in [0.5, 0.6) is 0 Å². The minimum atomic E-state index is -3.02. The van der Waals surface area contributed by atoms with Crippen LogP contribution in [0.2, 0.25) is 0 Å². The Bertz CT molecular complexity index is 298. The van der Waals surface area contributed by atoms with Crippen molar-refractivity contribution in [3.63, 3.8) is 0 Å². The number of nitrogens with zero attached hydrogens (tertiary/aromatic N) is 2. The fourth-order valence-corrected chi connectivity index (χ4v) is 3.45. The van der Waals surface area contributed by atoms with Crippen LogP contribution in [0.1, 0.15) is 19.8 Å². The van der Waals surface area contributed by atoms with E-state index in [1.54, 1.807) is 4.31 Å². The van der Waals surface area contributed by atoms with Crippen molar-refractivity contribution >= 4 is 10.0 Å². The molecule has 1 heterocycles. The lowest BCUT2D eigenvalue weighted by atomic mass is 10.3. The fourth-order valence-electron chi connectivity index (χ4n) is 1.91. The second-order valence-corrected chi connectivity index (χ2v) is 6.67. The Morgan fingerprint density at radius 2 is 1.76 bits per heavy atom. The summed E-state index contributed by atoms with van der Waals surface area (Å²) < 4.78 is 25.7. The van der Waals surface area contributed by atoms with E-state index >= 15 is 0 Å². The van der Waals surface area contributed by atoms with Gasteiger partial charge in [-0.15, -0.1) is 0 Å². The molecule has 0 spiro atoms. The monoisotopic (exact) mass is 263 g/mol. The lowest BCUT2D eigenvalue weighted by molar-refractivity contribution is 0.222. The van der Waals surface area contributed by atoms with Crippen LogP contribution in [-0.2, 0) is 10.0 Å². The molecule has 5 nitrogen and oxygen atoms in total. The Morgan fingerprint density at radius 1 is 1.12 bits per heavy atom. The van der Waals surface area contributed by atoms with Gasteiger partial charge in [0.15, 0.2) is 0 Å². The van der Waals surface area contributed by atoms with E-state index in [0.29, 0.717) is 18.8 Å². The van der Waals surface area contributed by atoms with Crippen molar-refractivity contribution in [3.8, 4) is 0 Å². The maximum absolute atomic E-state index is 12.0. The number of piperazine rings is 1. The van der Waals surface area contributed by atoms with E-state index in [0.717, 1.165) is 39.0 Å². The summed E-state index contributed by atoms with van der Waals surface area (Å²) in [5.74, 6) is 0.294. The van der Waals surface area contributed by atoms with Crippen LogP contribution in [0.3, 0.4) is 0 Å². The zero-order valence-corrected chi connectivity index (χ0v) is 11.8. The first kappa shape index (κ1) is 14.9. The number of nitrogens with one attached hydrogen (secondary N) is 1. The molecule has 0 atom stereocenters. The standard InChI is InChI=1S/C11H25N3O2S/c1-3-12-6-4-5-11-17(15,16)14-9-7-13(2)8-10-14/h12H,3-11H2,1-2H3. The van der Waals surface area contributed by atoms with Crippen molar-refractivity contribution in [1.82, 2.24) is 14.5 Å². The van der Waals surface area contributed by atoms with Gasteiger partial charge < -0.3 is 10.2 Å². The molecule has 0 radical (unpaired) electrons. The molecule has 102 valence electrons. The average Bonchev–Trinajstić information content (AvgIpc) is 2.29. The highest BCUT2D eigenvalue weighted by molar-refractivity contribution is 7.89. The molecular formula is C11H25N3O2S. The molecule has 1 rings (SSSR count). The second kappa shape index (κ2) is 7.31. The Kier molecular flexibility index (Phi) is 6.40. The summed E-state index contributed by atoms with van der Waals surface area (Å²) in [4.78, 5) is 2.16. The van der Waals surface area contributed by atoms with Gasteiger partial charge >= 0.3 is 0 Å². The molecule has 6 heteroatoms. The first-order valence-electron chi connectivity index (χ1n) is 6.43. The Balaban J connectivity index is 2.25. The molecule has 1 saturated heterocycles. The second-order valence-electron chi connectivity index (χ2n) is 4.58. The zero-order valence-electron chi connectivity index (χ0n) is 11.0. The summed E-state index contributed by atoms with van der Waals surface area (Å²) in [5.41, 5.74) is 0. The quantitative estimate of drug-likeness (QED) is 0.655. The molecule has 0 aliphatic carbocycles. The molecule has 0 aromatic carbocycles. The molecule has 1 aliphatic heterocycles. The molecule has 1 N–H and O–H groups in total. The normalized spacial score (nSPS) is 19.6. The maximum Gasteiger partial charge on any atom is 0.214 e. The van der Waals surface area contributed by atoms with E-state index < -0.39 is 10.0 Å². The molecule has 1 aliphatic rings. The zero-order chi connectivity index (χ0) is 12.7. The minimum Gasteiger partial charge on any atom is -0.317 e. The van der Waals surface area contributed by atoms with Crippen molar-refractivity contribution in [3.05, 3.63) is 0 Å². The molecule has 0 saturated carbocycles. The predicted octanol–water partition coefficient (Wildman–Crippen LogP) is -0.0467. The molecule has 17 heavy (non-hydrogen) atoms. The molecule has 1 fully saturated rings. The van der Waals surface area contributed by atoms with Gasteiger partial charge in [0.2, 0.25) is 10.0 Å². The summed E-state index contributed by atoms with van der Waals surface area (Å²) in [5, 5.41) is 3.20. The van der Waals surface area contributed by atoms with Crippen LogP contribution in [0.4, 0.5) is 0 Å². The van der Waals surface area contributed by atoms with Crippen molar-refractivity contribution < 1.29 is 8.42 Å². The lowest BCUT2D eigenvalue weighted by Gasteiger charge is -2.31. The van der Waals surface area contributed by atoms with Crippen LogP contribution < -0.4 is 5.32 Å². The number of unbranched alkanes of at least 4 members (excludes halogenated alkanes) is 1. The van der Waals surface area contributed by atoms with E-state index in [1.165, 1.54) is 0 Å².